The van der Waals surface area contributed by atoms with Gasteiger partial charge in [0.25, 0.3) is 0 Å². The molecule has 9 heteroatoms. The van der Waals surface area contributed by atoms with E-state index in [-0.39, 0.29) is 31.3 Å². The molecule has 2 aliphatic rings. The van der Waals surface area contributed by atoms with Crippen LogP contribution in [0.4, 0.5) is 0 Å². The molecule has 1 amide bonds. The Balaban J connectivity index is 1.97. The lowest BCUT2D eigenvalue weighted by Gasteiger charge is -2.37. The van der Waals surface area contributed by atoms with Gasteiger partial charge in [-0.25, -0.2) is 12.7 Å². The van der Waals surface area contributed by atoms with Crippen LogP contribution < -0.4 is 0 Å². The summed E-state index contributed by atoms with van der Waals surface area (Å²) in [5, 5.41) is 8.81. The molecule has 126 valence electrons. The lowest BCUT2D eigenvalue weighted by molar-refractivity contribution is -0.150. The molecule has 0 unspecified atom stereocenters. The van der Waals surface area contributed by atoms with Crippen molar-refractivity contribution in [2.45, 2.75) is 25.4 Å². The third-order valence-electron chi connectivity index (χ3n) is 4.06. The molecule has 1 N–H and O–H groups in total. The molecule has 2 rings (SSSR count). The smallest absolute Gasteiger partial charge is 0.306 e. The number of morpholine rings is 1. The van der Waals surface area contributed by atoms with E-state index >= 15 is 0 Å². The van der Waals surface area contributed by atoms with Crippen molar-refractivity contribution < 1.29 is 27.9 Å². The molecule has 0 aliphatic carbocycles. The molecule has 0 aromatic heterocycles. The van der Waals surface area contributed by atoms with Crippen LogP contribution >= 0.6 is 0 Å². The Morgan fingerprint density at radius 2 is 2.00 bits per heavy atom. The van der Waals surface area contributed by atoms with Gasteiger partial charge in [-0.05, 0) is 12.8 Å². The maximum atomic E-state index is 12.6. The highest BCUT2D eigenvalue weighted by atomic mass is 32.2. The third kappa shape index (κ3) is 4.40. The van der Waals surface area contributed by atoms with Crippen molar-refractivity contribution in [1.29, 1.82) is 0 Å². The first-order chi connectivity index (χ1) is 10.3. The number of carbonyl (C=O) groups excluding carboxylic acids is 1. The number of ether oxygens (including phenoxy) is 1. The van der Waals surface area contributed by atoms with Gasteiger partial charge in [0, 0.05) is 26.2 Å². The van der Waals surface area contributed by atoms with Crippen molar-refractivity contribution in [3.05, 3.63) is 0 Å². The Labute approximate surface area is 130 Å². The van der Waals surface area contributed by atoms with Gasteiger partial charge in [0.1, 0.15) is 0 Å². The first-order valence-electron chi connectivity index (χ1n) is 7.34. The largest absolute Gasteiger partial charge is 0.481 e. The second-order valence-electron chi connectivity index (χ2n) is 5.84. The molecule has 2 aliphatic heterocycles. The van der Waals surface area contributed by atoms with Gasteiger partial charge in [-0.1, -0.05) is 0 Å². The van der Waals surface area contributed by atoms with E-state index in [2.05, 4.69) is 0 Å². The highest BCUT2D eigenvalue weighted by Crippen LogP contribution is 2.22. The van der Waals surface area contributed by atoms with Gasteiger partial charge in [0.05, 0.1) is 31.3 Å². The Bertz CT molecular complexity index is 535. The fraction of sp³-hybridized carbons (Fsp3) is 0.846. The summed E-state index contributed by atoms with van der Waals surface area (Å²) in [7, 11) is -3.29. The average Bonchev–Trinajstić information content (AvgIpc) is 2.45. The lowest BCUT2D eigenvalue weighted by atomic mass is 9.97. The minimum absolute atomic E-state index is 0.105. The van der Waals surface area contributed by atoms with Gasteiger partial charge >= 0.3 is 5.97 Å². The zero-order chi connectivity index (χ0) is 16.3. The predicted molar refractivity (Wildman–Crippen MR) is 77.7 cm³/mol. The van der Waals surface area contributed by atoms with Crippen molar-refractivity contribution in [2.75, 3.05) is 39.0 Å². The van der Waals surface area contributed by atoms with E-state index in [1.165, 1.54) is 4.31 Å². The first-order valence-corrected chi connectivity index (χ1v) is 9.19. The molecule has 8 nitrogen and oxygen atoms in total. The van der Waals surface area contributed by atoms with Crippen LogP contribution in [0.3, 0.4) is 0 Å². The molecule has 2 fully saturated rings. The van der Waals surface area contributed by atoms with E-state index in [4.69, 9.17) is 9.84 Å². The van der Waals surface area contributed by atoms with Crippen LogP contribution in [-0.4, -0.2) is 79.8 Å². The van der Waals surface area contributed by atoms with Crippen LogP contribution in [0.15, 0.2) is 0 Å². The van der Waals surface area contributed by atoms with Crippen LogP contribution in [0.5, 0.6) is 0 Å². The number of amides is 1. The second-order valence-corrected chi connectivity index (χ2v) is 7.82. The summed E-state index contributed by atoms with van der Waals surface area (Å²) in [6, 6.07) is 0. The average molecular weight is 334 g/mol. The first kappa shape index (κ1) is 17.2. The van der Waals surface area contributed by atoms with E-state index in [0.717, 1.165) is 6.26 Å². The van der Waals surface area contributed by atoms with Crippen LogP contribution in [0.1, 0.15) is 19.3 Å². The maximum Gasteiger partial charge on any atom is 0.306 e. The maximum absolute atomic E-state index is 12.6. The monoisotopic (exact) mass is 334 g/mol. The number of aliphatic carboxylic acids is 1. The molecule has 2 saturated heterocycles. The van der Waals surface area contributed by atoms with Gasteiger partial charge in [-0.3, -0.25) is 9.59 Å². The molecule has 0 saturated carbocycles. The molecule has 0 spiro atoms. The number of rotatable bonds is 4. The molecule has 0 aromatic carbocycles. The fourth-order valence-corrected chi connectivity index (χ4v) is 3.85. The molecule has 0 bridgehead atoms. The zero-order valence-corrected chi connectivity index (χ0v) is 13.4. The molecular formula is C13H22N2O6S. The van der Waals surface area contributed by atoms with Crippen molar-refractivity contribution in [2.24, 2.45) is 5.92 Å². The summed E-state index contributed by atoms with van der Waals surface area (Å²) in [6.07, 6.45) is 1.84. The Morgan fingerprint density at radius 3 is 2.64 bits per heavy atom. The Morgan fingerprint density at radius 1 is 1.27 bits per heavy atom. The van der Waals surface area contributed by atoms with Gasteiger partial charge in [-0.2, -0.15) is 0 Å². The van der Waals surface area contributed by atoms with E-state index < -0.39 is 22.1 Å². The Kier molecular flexibility index (Phi) is 5.41. The minimum Gasteiger partial charge on any atom is -0.481 e. The van der Waals surface area contributed by atoms with Crippen LogP contribution in [0.25, 0.3) is 0 Å². The third-order valence-corrected chi connectivity index (χ3v) is 5.32. The van der Waals surface area contributed by atoms with Gasteiger partial charge < -0.3 is 14.7 Å². The van der Waals surface area contributed by atoms with Gasteiger partial charge in [0.15, 0.2) is 0 Å². The molecule has 2 heterocycles. The number of nitrogens with zero attached hydrogens (tertiary/aromatic N) is 2. The summed E-state index contributed by atoms with van der Waals surface area (Å²) in [4.78, 5) is 24.9. The standard InChI is InChI=1S/C13H22N2O6S/c1-22(19,20)15-4-2-3-10(8-15)13(18)14-5-6-21-11(9-14)7-12(16)17/h10-11H,2-9H2,1H3,(H,16,17)/t10-,11+/m0/s1. The van der Waals surface area contributed by atoms with Gasteiger partial charge in [-0.15, -0.1) is 0 Å². The van der Waals surface area contributed by atoms with Crippen molar-refractivity contribution in [3.8, 4) is 0 Å². The van der Waals surface area contributed by atoms with Crippen LogP contribution in [0, 0.1) is 5.92 Å². The summed E-state index contributed by atoms with van der Waals surface area (Å²) < 4.78 is 29.9. The quantitative estimate of drug-likeness (QED) is 0.733. The number of carboxylic acids is 1. The van der Waals surface area contributed by atoms with E-state index in [1.807, 2.05) is 0 Å². The van der Waals surface area contributed by atoms with Gasteiger partial charge in [0.2, 0.25) is 15.9 Å². The zero-order valence-electron chi connectivity index (χ0n) is 12.6. The number of hydrogen-bond donors (Lipinski definition) is 1. The van der Waals surface area contributed by atoms with Crippen LogP contribution in [0.2, 0.25) is 0 Å². The molecule has 0 radical (unpaired) electrons. The highest BCUT2D eigenvalue weighted by molar-refractivity contribution is 7.88. The van der Waals surface area contributed by atoms with Crippen molar-refractivity contribution in [1.82, 2.24) is 9.21 Å². The second kappa shape index (κ2) is 6.93. The summed E-state index contributed by atoms with van der Waals surface area (Å²) in [6.45, 7) is 1.64. The normalized spacial score (nSPS) is 27.6. The number of hydrogen-bond acceptors (Lipinski definition) is 5. The topological polar surface area (TPSA) is 104 Å². The summed E-state index contributed by atoms with van der Waals surface area (Å²) in [5.41, 5.74) is 0. The van der Waals surface area contributed by atoms with Crippen molar-refractivity contribution >= 4 is 21.9 Å². The Hall–Kier alpha value is -1.19. The molecular weight excluding hydrogens is 312 g/mol. The molecule has 0 aromatic rings. The minimum atomic E-state index is -3.29. The predicted octanol–water partition coefficient (Wildman–Crippen LogP) is -0.640. The fourth-order valence-electron chi connectivity index (χ4n) is 2.94. The van der Waals surface area contributed by atoms with Crippen molar-refractivity contribution in [3.63, 3.8) is 0 Å². The van der Waals surface area contributed by atoms with E-state index in [1.54, 1.807) is 4.90 Å². The summed E-state index contributed by atoms with van der Waals surface area (Å²) >= 11 is 0. The number of piperidine rings is 1. The van der Waals surface area contributed by atoms with E-state index in [9.17, 15) is 18.0 Å². The summed E-state index contributed by atoms with van der Waals surface area (Å²) in [5.74, 6) is -1.42. The molecule has 2 atom stereocenters. The SMILES string of the molecule is CS(=O)(=O)N1CCC[C@H](C(=O)N2CCO[C@H](CC(=O)O)C2)C1. The van der Waals surface area contributed by atoms with Crippen LogP contribution in [-0.2, 0) is 24.3 Å². The lowest BCUT2D eigenvalue weighted by Crippen LogP contribution is -2.51. The van der Waals surface area contributed by atoms with E-state index in [0.29, 0.717) is 32.5 Å². The number of carbonyl (C=O) groups is 2. The highest BCUT2D eigenvalue weighted by Gasteiger charge is 2.34. The number of carboxylic acid groups (broad SMARTS) is 1. The number of sulfonamides is 1. The molecule has 22 heavy (non-hydrogen) atoms.